The van der Waals surface area contributed by atoms with Gasteiger partial charge in [-0.1, -0.05) is 11.6 Å². The Morgan fingerprint density at radius 1 is 1.13 bits per heavy atom. The molecule has 0 fully saturated rings. The van der Waals surface area contributed by atoms with Crippen molar-refractivity contribution in [2.45, 2.75) is 31.7 Å². The molecule has 9 heteroatoms. The van der Waals surface area contributed by atoms with Crippen LogP contribution < -0.4 is 0 Å². The minimum Gasteiger partial charge on any atom is -0.464 e. The zero-order valence-corrected chi connectivity index (χ0v) is 14.6. The number of amides is 1. The fourth-order valence-electron chi connectivity index (χ4n) is 1.73. The van der Waals surface area contributed by atoms with E-state index in [-0.39, 0.29) is 18.1 Å². The highest BCUT2D eigenvalue weighted by molar-refractivity contribution is 7.89. The first-order chi connectivity index (χ1) is 10.8. The van der Waals surface area contributed by atoms with Gasteiger partial charge in [-0.3, -0.25) is 0 Å². The Labute approximate surface area is 140 Å². The van der Waals surface area contributed by atoms with Crippen LogP contribution in [-0.2, 0) is 24.3 Å². The van der Waals surface area contributed by atoms with Crippen LogP contribution in [0.4, 0.5) is 4.79 Å². The van der Waals surface area contributed by atoms with E-state index in [1.165, 1.54) is 38.1 Å². The van der Waals surface area contributed by atoms with Gasteiger partial charge in [0, 0.05) is 5.02 Å². The van der Waals surface area contributed by atoms with Gasteiger partial charge in [0.25, 0.3) is 10.0 Å². The van der Waals surface area contributed by atoms with E-state index >= 15 is 0 Å². The fourth-order valence-corrected chi connectivity index (χ4v) is 3.31. The molecule has 0 N–H and O–H groups in total. The second-order valence-corrected chi connectivity index (χ2v) is 6.63. The van der Waals surface area contributed by atoms with Gasteiger partial charge in [-0.05, 0) is 45.0 Å². The van der Waals surface area contributed by atoms with Crippen molar-refractivity contribution in [2.24, 2.45) is 0 Å². The highest BCUT2D eigenvalue weighted by Crippen LogP contribution is 2.22. The Morgan fingerprint density at radius 3 is 2.13 bits per heavy atom. The van der Waals surface area contributed by atoms with Gasteiger partial charge in [0.2, 0.25) is 0 Å². The molecule has 0 heterocycles. The van der Waals surface area contributed by atoms with Crippen LogP contribution in [0.2, 0.25) is 5.02 Å². The van der Waals surface area contributed by atoms with Gasteiger partial charge in [-0.2, -0.15) is 4.31 Å². The van der Waals surface area contributed by atoms with Gasteiger partial charge in [-0.25, -0.2) is 18.0 Å². The topological polar surface area (TPSA) is 90.0 Å². The predicted octanol–water partition coefficient (Wildman–Crippen LogP) is 2.44. The summed E-state index contributed by atoms with van der Waals surface area (Å²) in [5.74, 6) is -0.849. The number of rotatable bonds is 6. The molecule has 0 bridgehead atoms. The molecule has 1 unspecified atom stereocenters. The quantitative estimate of drug-likeness (QED) is 0.721. The molecule has 1 rings (SSSR count). The maximum absolute atomic E-state index is 12.7. The van der Waals surface area contributed by atoms with Crippen LogP contribution >= 0.6 is 11.6 Å². The van der Waals surface area contributed by atoms with E-state index in [9.17, 15) is 18.0 Å². The molecule has 7 nitrogen and oxygen atoms in total. The molecule has 128 valence electrons. The summed E-state index contributed by atoms with van der Waals surface area (Å²) >= 11 is 5.73. The molecule has 0 saturated heterocycles. The van der Waals surface area contributed by atoms with Gasteiger partial charge in [0.05, 0.1) is 18.1 Å². The van der Waals surface area contributed by atoms with Crippen LogP contribution in [0.15, 0.2) is 29.2 Å². The number of carbonyl (C=O) groups is 2. The van der Waals surface area contributed by atoms with Gasteiger partial charge in [-0.15, -0.1) is 0 Å². The number of sulfonamides is 1. The lowest BCUT2D eigenvalue weighted by Crippen LogP contribution is -2.47. The van der Waals surface area contributed by atoms with Crippen LogP contribution in [0, 0.1) is 0 Å². The molecule has 1 atom stereocenters. The van der Waals surface area contributed by atoms with Gasteiger partial charge < -0.3 is 9.47 Å². The first kappa shape index (κ1) is 19.2. The number of nitrogens with zero attached hydrogens (tertiary/aromatic N) is 1. The number of hydrogen-bond acceptors (Lipinski definition) is 6. The molecule has 1 aromatic carbocycles. The summed E-state index contributed by atoms with van der Waals surface area (Å²) in [7, 11) is -4.30. The summed E-state index contributed by atoms with van der Waals surface area (Å²) in [5.41, 5.74) is 0. The molecule has 0 spiro atoms. The molecule has 0 aromatic heterocycles. The van der Waals surface area contributed by atoms with Crippen LogP contribution in [0.1, 0.15) is 20.8 Å². The molecule has 0 aliphatic carbocycles. The zero-order valence-electron chi connectivity index (χ0n) is 13.0. The molecule has 1 aromatic rings. The van der Waals surface area contributed by atoms with Crippen molar-refractivity contribution < 1.29 is 27.5 Å². The van der Waals surface area contributed by atoms with Crippen molar-refractivity contribution >= 4 is 33.7 Å². The van der Waals surface area contributed by atoms with E-state index in [1.807, 2.05) is 0 Å². The monoisotopic (exact) mass is 363 g/mol. The van der Waals surface area contributed by atoms with E-state index in [4.69, 9.17) is 21.1 Å². The Bertz CT molecular complexity index is 658. The molecule has 0 saturated carbocycles. The second-order valence-electron chi connectivity index (χ2n) is 4.38. The number of hydrogen-bond donors (Lipinski definition) is 0. The van der Waals surface area contributed by atoms with E-state index in [0.717, 1.165) is 0 Å². The van der Waals surface area contributed by atoms with Crippen LogP contribution in [0.25, 0.3) is 0 Å². The molecule has 23 heavy (non-hydrogen) atoms. The molecule has 1 amide bonds. The van der Waals surface area contributed by atoms with Crippen LogP contribution in [-0.4, -0.2) is 44.0 Å². The smallest absolute Gasteiger partial charge is 0.424 e. The summed E-state index contributed by atoms with van der Waals surface area (Å²) in [6, 6.07) is 3.85. The van der Waals surface area contributed by atoms with Crippen LogP contribution in [0.5, 0.6) is 0 Å². The SMILES string of the molecule is CCOC(=O)C(C)N(C(=O)OCC)S(=O)(=O)c1ccc(Cl)cc1. The van der Waals surface area contributed by atoms with E-state index in [2.05, 4.69) is 0 Å². The fraction of sp³-hybridized carbons (Fsp3) is 0.429. The Kier molecular flexibility index (Phi) is 6.83. The lowest BCUT2D eigenvalue weighted by molar-refractivity contribution is -0.146. The summed E-state index contributed by atoms with van der Waals surface area (Å²) in [6.45, 7) is 4.37. The second kappa shape index (κ2) is 8.16. The molecular weight excluding hydrogens is 346 g/mol. The first-order valence-corrected chi connectivity index (χ1v) is 8.70. The summed E-state index contributed by atoms with van der Waals surface area (Å²) < 4.78 is 35.3. The van der Waals surface area contributed by atoms with Crippen molar-refractivity contribution in [3.05, 3.63) is 29.3 Å². The number of carbonyl (C=O) groups excluding carboxylic acids is 2. The number of esters is 1. The normalized spacial score (nSPS) is 12.3. The maximum Gasteiger partial charge on any atom is 0.424 e. The average molecular weight is 364 g/mol. The molecule has 0 radical (unpaired) electrons. The summed E-state index contributed by atoms with van der Waals surface area (Å²) in [6.07, 6.45) is -1.15. The Hall–Kier alpha value is -1.80. The largest absolute Gasteiger partial charge is 0.464 e. The van der Waals surface area contributed by atoms with Gasteiger partial charge in [0.1, 0.15) is 6.04 Å². The molecule has 0 aliphatic rings. The lowest BCUT2D eigenvalue weighted by atomic mass is 10.3. The summed E-state index contributed by atoms with van der Waals surface area (Å²) in [4.78, 5) is 23.8. The van der Waals surface area contributed by atoms with Crippen molar-refractivity contribution in [2.75, 3.05) is 13.2 Å². The van der Waals surface area contributed by atoms with Gasteiger partial charge >= 0.3 is 12.1 Å². The molecular formula is C14H18ClNO6S. The highest BCUT2D eigenvalue weighted by Gasteiger charge is 2.39. The van der Waals surface area contributed by atoms with Gasteiger partial charge in [0.15, 0.2) is 0 Å². The van der Waals surface area contributed by atoms with Crippen LogP contribution in [0.3, 0.4) is 0 Å². The maximum atomic E-state index is 12.7. The number of ether oxygens (including phenoxy) is 2. The van der Waals surface area contributed by atoms with E-state index < -0.39 is 28.1 Å². The predicted molar refractivity (Wildman–Crippen MR) is 83.6 cm³/mol. The third kappa shape index (κ3) is 4.59. The average Bonchev–Trinajstić information content (AvgIpc) is 2.48. The van der Waals surface area contributed by atoms with E-state index in [0.29, 0.717) is 9.33 Å². The van der Waals surface area contributed by atoms with E-state index in [1.54, 1.807) is 6.92 Å². The zero-order chi connectivity index (χ0) is 17.6. The minimum absolute atomic E-state index is 0.0407. The highest BCUT2D eigenvalue weighted by atomic mass is 35.5. The molecule has 0 aliphatic heterocycles. The Balaban J connectivity index is 3.29. The van der Waals surface area contributed by atoms with Crippen molar-refractivity contribution in [1.82, 2.24) is 4.31 Å². The van der Waals surface area contributed by atoms with Crippen molar-refractivity contribution in [3.8, 4) is 0 Å². The lowest BCUT2D eigenvalue weighted by Gasteiger charge is -2.26. The standard InChI is InChI=1S/C14H18ClNO6S/c1-4-21-13(17)10(3)16(14(18)22-5-2)23(19,20)12-8-6-11(15)7-9-12/h6-10H,4-5H2,1-3H3. The Morgan fingerprint density at radius 2 is 1.65 bits per heavy atom. The number of benzene rings is 1. The third-order valence-corrected chi connectivity index (χ3v) is 4.90. The van der Waals surface area contributed by atoms with Crippen molar-refractivity contribution in [1.29, 1.82) is 0 Å². The van der Waals surface area contributed by atoms with Crippen molar-refractivity contribution in [3.63, 3.8) is 0 Å². The minimum atomic E-state index is -4.30. The first-order valence-electron chi connectivity index (χ1n) is 6.89. The number of halogens is 1. The summed E-state index contributed by atoms with van der Waals surface area (Å²) in [5, 5.41) is 0.338. The third-order valence-electron chi connectivity index (χ3n) is 2.80.